The molecule has 0 aromatic heterocycles. The normalized spacial score (nSPS) is 16.7. The van der Waals surface area contributed by atoms with E-state index in [-0.39, 0.29) is 18.9 Å². The Hall–Kier alpha value is -2.89. The third-order valence-electron chi connectivity index (χ3n) is 4.67. The molecule has 0 saturated heterocycles. The Balaban J connectivity index is 1.32. The molecule has 2 aromatic carbocycles. The fraction of sp³-hybridized carbons (Fsp3) is 0.350. The van der Waals surface area contributed by atoms with Crippen LogP contribution in [0.25, 0.3) is 0 Å². The Kier molecular flexibility index (Phi) is 4.56. The molecule has 26 heavy (non-hydrogen) atoms. The van der Waals surface area contributed by atoms with Crippen LogP contribution in [0.5, 0.6) is 17.2 Å². The number of nitrogens with zero attached hydrogens (tertiary/aromatic N) is 1. The minimum atomic E-state index is -0.0928. The first-order valence-corrected chi connectivity index (χ1v) is 8.89. The van der Waals surface area contributed by atoms with Gasteiger partial charge in [-0.1, -0.05) is 24.3 Å². The van der Waals surface area contributed by atoms with E-state index in [1.165, 1.54) is 5.56 Å². The van der Waals surface area contributed by atoms with Gasteiger partial charge in [0.1, 0.15) is 11.9 Å². The minimum absolute atomic E-state index is 0.0133. The lowest BCUT2D eigenvalue weighted by molar-refractivity contribution is 0.173. The highest BCUT2D eigenvalue weighted by atomic mass is 16.7. The van der Waals surface area contributed by atoms with Gasteiger partial charge in [0, 0.05) is 19.5 Å². The van der Waals surface area contributed by atoms with Crippen LogP contribution in [0, 0.1) is 0 Å². The first-order valence-electron chi connectivity index (χ1n) is 8.89. The van der Waals surface area contributed by atoms with Crippen molar-refractivity contribution in [1.29, 1.82) is 0 Å². The van der Waals surface area contributed by atoms with Crippen molar-refractivity contribution < 1.29 is 19.0 Å². The Morgan fingerprint density at radius 2 is 2.00 bits per heavy atom. The summed E-state index contributed by atoms with van der Waals surface area (Å²) < 4.78 is 16.6. The van der Waals surface area contributed by atoms with E-state index in [4.69, 9.17) is 14.2 Å². The summed E-state index contributed by atoms with van der Waals surface area (Å²) in [6, 6.07) is 13.7. The highest BCUT2D eigenvalue weighted by Gasteiger charge is 2.23. The zero-order chi connectivity index (χ0) is 17.9. The molecule has 0 aliphatic carbocycles. The lowest BCUT2D eigenvalue weighted by atomic mass is 10.1. The van der Waals surface area contributed by atoms with Crippen molar-refractivity contribution >= 4 is 6.03 Å². The predicted molar refractivity (Wildman–Crippen MR) is 96.6 cm³/mol. The van der Waals surface area contributed by atoms with Gasteiger partial charge in [-0.2, -0.15) is 0 Å². The van der Waals surface area contributed by atoms with Gasteiger partial charge < -0.3 is 24.4 Å². The van der Waals surface area contributed by atoms with Crippen LogP contribution in [0.15, 0.2) is 42.5 Å². The SMILES string of the molecule is CCN(Cc1ccc2c(c1)OCO2)C(=O)NC[C@@H]1Cc2ccccc2O1. The predicted octanol–water partition coefficient (Wildman–Crippen LogP) is 2.95. The van der Waals surface area contributed by atoms with Crippen LogP contribution in [0.1, 0.15) is 18.1 Å². The largest absolute Gasteiger partial charge is 0.488 e. The Bertz CT molecular complexity index is 783. The Morgan fingerprint density at radius 3 is 2.85 bits per heavy atom. The number of ether oxygens (including phenoxy) is 3. The number of carbonyl (C=O) groups excluding carboxylic acids is 1. The van der Waals surface area contributed by atoms with Gasteiger partial charge in [-0.15, -0.1) is 0 Å². The molecule has 2 aliphatic heterocycles. The molecule has 0 bridgehead atoms. The summed E-state index contributed by atoms with van der Waals surface area (Å²) >= 11 is 0. The molecule has 0 spiro atoms. The first kappa shape index (κ1) is 16.6. The molecule has 0 unspecified atom stereocenters. The van der Waals surface area contributed by atoms with Gasteiger partial charge in [0.2, 0.25) is 6.79 Å². The van der Waals surface area contributed by atoms with Crippen molar-refractivity contribution in [3.63, 3.8) is 0 Å². The monoisotopic (exact) mass is 354 g/mol. The van der Waals surface area contributed by atoms with Crippen LogP contribution >= 0.6 is 0 Å². The van der Waals surface area contributed by atoms with E-state index < -0.39 is 0 Å². The average Bonchev–Trinajstić information content (AvgIpc) is 3.29. The van der Waals surface area contributed by atoms with E-state index in [2.05, 4.69) is 11.4 Å². The third kappa shape index (κ3) is 3.40. The molecule has 136 valence electrons. The smallest absolute Gasteiger partial charge is 0.317 e. The van der Waals surface area contributed by atoms with Gasteiger partial charge in [-0.25, -0.2) is 4.79 Å². The number of hydrogen-bond donors (Lipinski definition) is 1. The fourth-order valence-electron chi connectivity index (χ4n) is 3.27. The second-order valence-corrected chi connectivity index (χ2v) is 6.44. The molecule has 6 heteroatoms. The summed E-state index contributed by atoms with van der Waals surface area (Å²) in [7, 11) is 0. The number of rotatable bonds is 5. The molecule has 2 aromatic rings. The zero-order valence-electron chi connectivity index (χ0n) is 14.7. The maximum Gasteiger partial charge on any atom is 0.317 e. The maximum absolute atomic E-state index is 12.5. The summed E-state index contributed by atoms with van der Waals surface area (Å²) in [6.45, 7) is 3.84. The van der Waals surface area contributed by atoms with Crippen LogP contribution in [0.2, 0.25) is 0 Å². The summed E-state index contributed by atoms with van der Waals surface area (Å²) in [5.74, 6) is 2.40. The number of para-hydroxylation sites is 1. The highest BCUT2D eigenvalue weighted by molar-refractivity contribution is 5.74. The summed E-state index contributed by atoms with van der Waals surface area (Å²) in [5.41, 5.74) is 2.20. The number of nitrogens with one attached hydrogen (secondary N) is 1. The lowest BCUT2D eigenvalue weighted by Gasteiger charge is -2.22. The average molecular weight is 354 g/mol. The van der Waals surface area contributed by atoms with Crippen molar-refractivity contribution in [3.8, 4) is 17.2 Å². The molecular weight excluding hydrogens is 332 g/mol. The van der Waals surface area contributed by atoms with E-state index >= 15 is 0 Å². The van der Waals surface area contributed by atoms with Crippen molar-refractivity contribution in [3.05, 3.63) is 53.6 Å². The van der Waals surface area contributed by atoms with E-state index in [0.29, 0.717) is 19.6 Å². The summed E-state index contributed by atoms with van der Waals surface area (Å²) in [5, 5.41) is 2.99. The van der Waals surface area contributed by atoms with E-state index in [9.17, 15) is 4.79 Å². The lowest BCUT2D eigenvalue weighted by Crippen LogP contribution is -2.43. The number of hydrogen-bond acceptors (Lipinski definition) is 4. The quantitative estimate of drug-likeness (QED) is 0.897. The van der Waals surface area contributed by atoms with Gasteiger partial charge in [-0.05, 0) is 36.2 Å². The number of carbonyl (C=O) groups is 1. The molecule has 2 amide bonds. The van der Waals surface area contributed by atoms with Crippen LogP contribution in [0.3, 0.4) is 0 Å². The highest BCUT2D eigenvalue weighted by Crippen LogP contribution is 2.33. The third-order valence-corrected chi connectivity index (χ3v) is 4.67. The van der Waals surface area contributed by atoms with Gasteiger partial charge in [0.25, 0.3) is 0 Å². The van der Waals surface area contributed by atoms with Crippen molar-refractivity contribution in [2.24, 2.45) is 0 Å². The summed E-state index contributed by atoms with van der Waals surface area (Å²) in [4.78, 5) is 14.3. The maximum atomic E-state index is 12.5. The van der Waals surface area contributed by atoms with Crippen LogP contribution < -0.4 is 19.5 Å². The molecule has 0 saturated carbocycles. The minimum Gasteiger partial charge on any atom is -0.488 e. The Labute approximate surface area is 152 Å². The number of amides is 2. The molecule has 1 atom stereocenters. The van der Waals surface area contributed by atoms with Gasteiger partial charge in [-0.3, -0.25) is 0 Å². The number of fused-ring (bicyclic) bond motifs is 2. The first-order chi connectivity index (χ1) is 12.7. The summed E-state index contributed by atoms with van der Waals surface area (Å²) in [6.07, 6.45) is 0.811. The number of benzene rings is 2. The standard InChI is InChI=1S/C20H22N2O4/c1-2-22(12-14-7-8-18-19(9-14)25-13-24-18)20(23)21-11-16-10-15-5-3-4-6-17(15)26-16/h3-9,16H,2,10-13H2,1H3,(H,21,23)/t16-/m0/s1. The van der Waals surface area contributed by atoms with E-state index in [0.717, 1.165) is 29.2 Å². The molecule has 4 rings (SSSR count). The van der Waals surface area contributed by atoms with Crippen molar-refractivity contribution in [1.82, 2.24) is 10.2 Å². The molecule has 1 N–H and O–H groups in total. The number of urea groups is 1. The Morgan fingerprint density at radius 1 is 1.15 bits per heavy atom. The topological polar surface area (TPSA) is 60.0 Å². The van der Waals surface area contributed by atoms with Gasteiger partial charge >= 0.3 is 6.03 Å². The molecule has 2 heterocycles. The van der Waals surface area contributed by atoms with Crippen molar-refractivity contribution in [2.75, 3.05) is 19.9 Å². The second-order valence-electron chi connectivity index (χ2n) is 6.44. The molecule has 2 aliphatic rings. The van der Waals surface area contributed by atoms with Gasteiger partial charge in [0.05, 0.1) is 6.54 Å². The zero-order valence-corrected chi connectivity index (χ0v) is 14.7. The van der Waals surface area contributed by atoms with Crippen molar-refractivity contribution in [2.45, 2.75) is 26.0 Å². The molecule has 6 nitrogen and oxygen atoms in total. The second kappa shape index (κ2) is 7.15. The molecule has 0 radical (unpaired) electrons. The van der Waals surface area contributed by atoms with Crippen LogP contribution in [-0.4, -0.2) is 36.9 Å². The van der Waals surface area contributed by atoms with Crippen LogP contribution in [0.4, 0.5) is 4.79 Å². The van der Waals surface area contributed by atoms with E-state index in [1.807, 2.05) is 43.3 Å². The molecule has 0 fully saturated rings. The van der Waals surface area contributed by atoms with Crippen LogP contribution in [-0.2, 0) is 13.0 Å². The fourth-order valence-corrected chi connectivity index (χ4v) is 3.27. The molecular formula is C20H22N2O4. The van der Waals surface area contributed by atoms with Gasteiger partial charge in [0.15, 0.2) is 11.5 Å². The van der Waals surface area contributed by atoms with E-state index in [1.54, 1.807) is 4.90 Å².